The van der Waals surface area contributed by atoms with Crippen LogP contribution < -0.4 is 5.32 Å². The number of rotatable bonds is 7. The van der Waals surface area contributed by atoms with Gasteiger partial charge in [0.25, 0.3) is 5.91 Å². The molecule has 0 unspecified atom stereocenters. The summed E-state index contributed by atoms with van der Waals surface area (Å²) in [5.41, 5.74) is 0.288. The zero-order chi connectivity index (χ0) is 18.6. The van der Waals surface area contributed by atoms with Gasteiger partial charge in [-0.3, -0.25) is 10.1 Å². The van der Waals surface area contributed by atoms with Crippen LogP contribution >= 0.6 is 11.3 Å². The Hall–Kier alpha value is -1.84. The number of nitrogens with zero attached hydrogens (tertiary/aromatic N) is 3. The molecule has 1 aliphatic rings. The lowest BCUT2D eigenvalue weighted by Crippen LogP contribution is -2.28. The highest BCUT2D eigenvalue weighted by molar-refractivity contribution is 7.89. The summed E-state index contributed by atoms with van der Waals surface area (Å²) in [6.07, 6.45) is 4.68. The quantitative estimate of drug-likeness (QED) is 0.779. The van der Waals surface area contributed by atoms with E-state index in [1.54, 1.807) is 12.1 Å². The standard InChI is InChI=1S/C17H22N4O3S2/c1-2-3-9-15-19-20-17(25-15)18-16(22)13-7-6-8-14(12-13)26(23,24)21-10-4-5-11-21/h6-8,12H,2-5,9-11H2,1H3,(H,18,20,22). The van der Waals surface area contributed by atoms with Crippen molar-refractivity contribution in [3.05, 3.63) is 34.8 Å². The highest BCUT2D eigenvalue weighted by atomic mass is 32.2. The van der Waals surface area contributed by atoms with Crippen molar-refractivity contribution in [2.75, 3.05) is 18.4 Å². The zero-order valence-corrected chi connectivity index (χ0v) is 16.3. The van der Waals surface area contributed by atoms with Crippen LogP contribution in [0.3, 0.4) is 0 Å². The molecule has 7 nitrogen and oxygen atoms in total. The van der Waals surface area contributed by atoms with Gasteiger partial charge in [-0.1, -0.05) is 30.7 Å². The lowest BCUT2D eigenvalue weighted by Gasteiger charge is -2.15. The van der Waals surface area contributed by atoms with Gasteiger partial charge in [-0.05, 0) is 37.5 Å². The SMILES string of the molecule is CCCCc1nnc(NC(=O)c2cccc(S(=O)(=O)N3CCCC3)c2)s1. The Bertz CT molecular complexity index is 874. The summed E-state index contributed by atoms with van der Waals surface area (Å²) >= 11 is 1.35. The van der Waals surface area contributed by atoms with Crippen LogP contribution in [0.5, 0.6) is 0 Å². The molecule has 1 aromatic heterocycles. The number of amides is 1. The predicted octanol–water partition coefficient (Wildman–Crippen LogP) is 2.92. The van der Waals surface area contributed by atoms with Gasteiger partial charge in [0.1, 0.15) is 5.01 Å². The lowest BCUT2D eigenvalue weighted by molar-refractivity contribution is 0.102. The summed E-state index contributed by atoms with van der Waals surface area (Å²) in [4.78, 5) is 12.6. The van der Waals surface area contributed by atoms with Crippen molar-refractivity contribution < 1.29 is 13.2 Å². The molecule has 26 heavy (non-hydrogen) atoms. The highest BCUT2D eigenvalue weighted by Gasteiger charge is 2.27. The number of carbonyl (C=O) groups excluding carboxylic acids is 1. The third-order valence-corrected chi connectivity index (χ3v) is 7.02. The Morgan fingerprint density at radius 3 is 2.77 bits per heavy atom. The monoisotopic (exact) mass is 394 g/mol. The van der Waals surface area contributed by atoms with Gasteiger partial charge in [-0.2, -0.15) is 4.31 Å². The van der Waals surface area contributed by atoms with E-state index in [-0.39, 0.29) is 16.4 Å². The molecule has 140 valence electrons. The molecule has 0 saturated carbocycles. The number of sulfonamides is 1. The molecule has 1 aromatic carbocycles. The van der Waals surface area contributed by atoms with Crippen LogP contribution in [0.25, 0.3) is 0 Å². The fourth-order valence-electron chi connectivity index (χ4n) is 2.78. The van der Waals surface area contributed by atoms with Gasteiger partial charge < -0.3 is 0 Å². The maximum atomic E-state index is 12.6. The number of hydrogen-bond donors (Lipinski definition) is 1. The van der Waals surface area contributed by atoms with E-state index in [0.29, 0.717) is 18.2 Å². The van der Waals surface area contributed by atoms with E-state index >= 15 is 0 Å². The second-order valence-corrected chi connectivity index (χ2v) is 9.20. The van der Waals surface area contributed by atoms with Gasteiger partial charge in [0, 0.05) is 25.1 Å². The zero-order valence-electron chi connectivity index (χ0n) is 14.6. The molecule has 3 rings (SSSR count). The van der Waals surface area contributed by atoms with Gasteiger partial charge in [-0.25, -0.2) is 8.42 Å². The summed E-state index contributed by atoms with van der Waals surface area (Å²) < 4.78 is 26.8. The Morgan fingerprint density at radius 1 is 1.27 bits per heavy atom. The molecule has 1 aliphatic heterocycles. The van der Waals surface area contributed by atoms with Crippen LogP contribution in [0.4, 0.5) is 5.13 Å². The summed E-state index contributed by atoms with van der Waals surface area (Å²) in [6, 6.07) is 6.13. The molecule has 2 heterocycles. The molecule has 0 aliphatic carbocycles. The molecular weight excluding hydrogens is 372 g/mol. The van der Waals surface area contributed by atoms with E-state index in [0.717, 1.165) is 37.1 Å². The van der Waals surface area contributed by atoms with Crippen molar-refractivity contribution >= 4 is 32.4 Å². The molecule has 0 spiro atoms. The van der Waals surface area contributed by atoms with Crippen LogP contribution in [-0.4, -0.2) is 41.9 Å². The van der Waals surface area contributed by atoms with Crippen LogP contribution in [0.1, 0.15) is 48.0 Å². The summed E-state index contributed by atoms with van der Waals surface area (Å²) in [5, 5.41) is 12.0. The number of nitrogens with one attached hydrogen (secondary N) is 1. The van der Waals surface area contributed by atoms with Crippen molar-refractivity contribution in [3.8, 4) is 0 Å². The minimum Gasteiger partial charge on any atom is -0.296 e. The van der Waals surface area contributed by atoms with Gasteiger partial charge in [0.05, 0.1) is 4.90 Å². The first-order chi connectivity index (χ1) is 12.5. The average molecular weight is 395 g/mol. The van der Waals surface area contributed by atoms with Crippen LogP contribution in [-0.2, 0) is 16.4 Å². The fraction of sp³-hybridized carbons (Fsp3) is 0.471. The highest BCUT2D eigenvalue weighted by Crippen LogP contribution is 2.22. The van der Waals surface area contributed by atoms with E-state index < -0.39 is 10.0 Å². The van der Waals surface area contributed by atoms with Gasteiger partial charge in [-0.15, -0.1) is 10.2 Å². The van der Waals surface area contributed by atoms with Crippen LogP contribution in [0.2, 0.25) is 0 Å². The number of anilines is 1. The van der Waals surface area contributed by atoms with Gasteiger partial charge in [0.2, 0.25) is 15.2 Å². The summed E-state index contributed by atoms with van der Waals surface area (Å²) in [7, 11) is -3.55. The van der Waals surface area contributed by atoms with Gasteiger partial charge >= 0.3 is 0 Å². The average Bonchev–Trinajstić information content (AvgIpc) is 3.32. The number of aryl methyl sites for hydroxylation is 1. The lowest BCUT2D eigenvalue weighted by atomic mass is 10.2. The molecule has 0 atom stereocenters. The first-order valence-electron chi connectivity index (χ1n) is 8.74. The number of hydrogen-bond acceptors (Lipinski definition) is 6. The third kappa shape index (κ3) is 4.28. The minimum absolute atomic E-state index is 0.146. The fourth-order valence-corrected chi connectivity index (χ4v) is 5.12. The van der Waals surface area contributed by atoms with E-state index in [9.17, 15) is 13.2 Å². The molecule has 1 fully saturated rings. The molecule has 1 saturated heterocycles. The molecule has 1 N–H and O–H groups in total. The Morgan fingerprint density at radius 2 is 2.04 bits per heavy atom. The molecule has 0 radical (unpaired) electrons. The van der Waals surface area contributed by atoms with Crippen molar-refractivity contribution in [1.82, 2.24) is 14.5 Å². The van der Waals surface area contributed by atoms with E-state index in [1.165, 1.54) is 27.8 Å². The van der Waals surface area contributed by atoms with E-state index in [1.807, 2.05) is 0 Å². The smallest absolute Gasteiger partial charge is 0.257 e. The van der Waals surface area contributed by atoms with Crippen molar-refractivity contribution in [2.45, 2.75) is 43.9 Å². The number of aromatic nitrogens is 2. The topological polar surface area (TPSA) is 92.3 Å². The molecule has 0 bridgehead atoms. The van der Waals surface area contributed by atoms with Crippen molar-refractivity contribution in [3.63, 3.8) is 0 Å². The van der Waals surface area contributed by atoms with Crippen LogP contribution in [0, 0.1) is 0 Å². The minimum atomic E-state index is -3.55. The third-order valence-electron chi connectivity index (χ3n) is 4.23. The number of unbranched alkanes of at least 4 members (excludes halogenated alkanes) is 1. The van der Waals surface area contributed by atoms with Crippen LogP contribution in [0.15, 0.2) is 29.2 Å². The normalized spacial score (nSPS) is 15.3. The summed E-state index contributed by atoms with van der Waals surface area (Å²) in [5.74, 6) is -0.387. The predicted molar refractivity (Wildman–Crippen MR) is 101 cm³/mol. The van der Waals surface area contributed by atoms with Crippen molar-refractivity contribution in [2.24, 2.45) is 0 Å². The maximum Gasteiger partial charge on any atom is 0.257 e. The largest absolute Gasteiger partial charge is 0.296 e. The summed E-state index contributed by atoms with van der Waals surface area (Å²) in [6.45, 7) is 3.17. The van der Waals surface area contributed by atoms with Crippen molar-refractivity contribution in [1.29, 1.82) is 0 Å². The number of benzene rings is 1. The maximum absolute atomic E-state index is 12.6. The molecule has 1 amide bonds. The first kappa shape index (κ1) is 18.9. The Labute approximate surface area is 157 Å². The molecule has 9 heteroatoms. The van der Waals surface area contributed by atoms with E-state index in [4.69, 9.17) is 0 Å². The molecular formula is C17H22N4O3S2. The molecule has 2 aromatic rings. The second kappa shape index (κ2) is 8.24. The Balaban J connectivity index is 1.73. The second-order valence-electron chi connectivity index (χ2n) is 6.20. The number of carbonyl (C=O) groups is 1. The van der Waals surface area contributed by atoms with E-state index in [2.05, 4.69) is 22.4 Å². The first-order valence-corrected chi connectivity index (χ1v) is 11.0. The Kier molecular flexibility index (Phi) is 6.00. The van der Waals surface area contributed by atoms with Gasteiger partial charge in [0.15, 0.2) is 0 Å².